The summed E-state index contributed by atoms with van der Waals surface area (Å²) in [6, 6.07) is 5.27. The summed E-state index contributed by atoms with van der Waals surface area (Å²) in [6.45, 7) is 2.30. The fraction of sp³-hybridized carbons (Fsp3) is 0.357. The van der Waals surface area contributed by atoms with Crippen LogP contribution in [0.5, 0.6) is 0 Å². The van der Waals surface area contributed by atoms with Gasteiger partial charge in [0.25, 0.3) is 5.56 Å². The van der Waals surface area contributed by atoms with Crippen molar-refractivity contribution in [1.29, 1.82) is 0 Å². The lowest BCUT2D eigenvalue weighted by atomic mass is 9.85. The third-order valence-electron chi connectivity index (χ3n) is 7.22. The summed E-state index contributed by atoms with van der Waals surface area (Å²) >= 11 is 0. The predicted molar refractivity (Wildman–Crippen MR) is 136 cm³/mol. The number of rotatable bonds is 7. The number of hydrogen-bond acceptors (Lipinski definition) is 8. The molecule has 1 N–H and O–H groups in total. The molecule has 2 aliphatic rings. The Bertz CT molecular complexity index is 1670. The smallest absolute Gasteiger partial charge is 0.326 e. The zero-order chi connectivity index (χ0) is 28.8. The van der Waals surface area contributed by atoms with E-state index in [1.165, 1.54) is 11.5 Å². The summed E-state index contributed by atoms with van der Waals surface area (Å²) in [5.41, 5.74) is -0.102. The van der Waals surface area contributed by atoms with Crippen LogP contribution in [0.1, 0.15) is 56.2 Å². The van der Waals surface area contributed by atoms with E-state index in [4.69, 9.17) is 9.47 Å². The lowest BCUT2D eigenvalue weighted by Gasteiger charge is -2.32. The zero-order valence-corrected chi connectivity index (χ0v) is 21.8. The van der Waals surface area contributed by atoms with Gasteiger partial charge in [-0.3, -0.25) is 19.2 Å². The first-order valence-corrected chi connectivity index (χ1v) is 12.7. The highest BCUT2D eigenvalue weighted by atomic mass is 19.2. The summed E-state index contributed by atoms with van der Waals surface area (Å²) < 4.78 is 40.3. The molecule has 0 unspecified atom stereocenters. The van der Waals surface area contributed by atoms with Crippen molar-refractivity contribution in [2.24, 2.45) is 0 Å². The number of esters is 2. The van der Waals surface area contributed by atoms with E-state index in [0.29, 0.717) is 22.3 Å². The van der Waals surface area contributed by atoms with Crippen molar-refractivity contribution in [3.63, 3.8) is 0 Å². The monoisotopic (exact) mass is 553 g/mol. The van der Waals surface area contributed by atoms with E-state index in [9.17, 15) is 32.8 Å². The zero-order valence-electron chi connectivity index (χ0n) is 21.8. The average molecular weight is 554 g/mol. The minimum Gasteiger partial charge on any atom is -0.460 e. The van der Waals surface area contributed by atoms with E-state index in [1.807, 2.05) is 0 Å². The number of ether oxygens (including phenoxy) is 2. The van der Waals surface area contributed by atoms with Gasteiger partial charge < -0.3 is 24.2 Å². The molecule has 0 aliphatic carbocycles. The van der Waals surface area contributed by atoms with Crippen LogP contribution in [0.25, 0.3) is 22.3 Å². The topological polar surface area (TPSA) is 134 Å². The van der Waals surface area contributed by atoms with Crippen LogP contribution < -0.4 is 10.9 Å². The van der Waals surface area contributed by atoms with Crippen LogP contribution in [0.2, 0.25) is 0 Å². The minimum absolute atomic E-state index is 0.0282. The molecule has 12 heteroatoms. The lowest BCUT2D eigenvalue weighted by Crippen LogP contribution is -2.40. The Balaban J connectivity index is 1.54. The Hall–Kier alpha value is -4.48. The van der Waals surface area contributed by atoms with Crippen LogP contribution in [-0.2, 0) is 47.4 Å². The maximum Gasteiger partial charge on any atom is 0.326 e. The summed E-state index contributed by atoms with van der Waals surface area (Å²) in [6.07, 6.45) is -0.325. The highest BCUT2D eigenvalue weighted by Crippen LogP contribution is 2.41. The fourth-order valence-electron chi connectivity index (χ4n) is 5.13. The molecule has 1 atom stereocenters. The van der Waals surface area contributed by atoms with Crippen molar-refractivity contribution in [3.8, 4) is 11.4 Å². The number of amides is 1. The number of halogens is 2. The number of ketones is 1. The fourth-order valence-corrected chi connectivity index (χ4v) is 5.13. The second kappa shape index (κ2) is 10.2. The second-order valence-electron chi connectivity index (χ2n) is 9.91. The molecule has 2 aromatic heterocycles. The highest BCUT2D eigenvalue weighted by Gasteiger charge is 2.44. The molecule has 10 nitrogen and oxygen atoms in total. The van der Waals surface area contributed by atoms with Crippen LogP contribution in [0.3, 0.4) is 0 Å². The molecule has 208 valence electrons. The van der Waals surface area contributed by atoms with Crippen molar-refractivity contribution in [2.45, 2.75) is 58.3 Å². The van der Waals surface area contributed by atoms with E-state index in [-0.39, 0.29) is 61.3 Å². The number of nitrogens with zero attached hydrogens (tertiary/aromatic N) is 2. The van der Waals surface area contributed by atoms with Crippen LogP contribution in [0.15, 0.2) is 29.1 Å². The largest absolute Gasteiger partial charge is 0.460 e. The standard InChI is InChI=1S/C28H25F2N3O7/c1-3-28(40-25(37)11-31-23(35)5-4-14(2)34)10-24(36)39-13-17-18(28)8-22-26-16(12-33(22)27(17)38)6-15-7-19(29)20(30)9-21(15)32-26/h6-9H,3-5,10-13H2,1-2H3,(H,31,35)/t28-/m1/s1. The number of pyridine rings is 2. The van der Waals surface area contributed by atoms with E-state index in [2.05, 4.69) is 10.3 Å². The van der Waals surface area contributed by atoms with Crippen molar-refractivity contribution in [3.05, 3.63) is 62.9 Å². The van der Waals surface area contributed by atoms with E-state index in [1.54, 1.807) is 19.1 Å². The molecule has 0 spiro atoms. The number of benzene rings is 1. The summed E-state index contributed by atoms with van der Waals surface area (Å²) in [5, 5.41) is 2.77. The molecule has 2 aliphatic heterocycles. The Labute approximate surface area is 226 Å². The molecule has 1 amide bonds. The van der Waals surface area contributed by atoms with Gasteiger partial charge in [0.1, 0.15) is 24.5 Å². The number of nitrogens with one attached hydrogen (secondary N) is 1. The van der Waals surface area contributed by atoms with Gasteiger partial charge in [-0.1, -0.05) is 6.92 Å². The van der Waals surface area contributed by atoms with Gasteiger partial charge >= 0.3 is 11.9 Å². The molecule has 0 bridgehead atoms. The Kier molecular flexibility index (Phi) is 6.94. The van der Waals surface area contributed by atoms with Gasteiger partial charge in [-0.25, -0.2) is 13.8 Å². The van der Waals surface area contributed by atoms with Gasteiger partial charge in [0.05, 0.1) is 35.4 Å². The maximum atomic E-state index is 13.9. The molecule has 4 heterocycles. The van der Waals surface area contributed by atoms with Crippen molar-refractivity contribution < 1.29 is 37.4 Å². The number of aromatic nitrogens is 2. The normalized spacial score (nSPS) is 17.4. The first-order valence-electron chi connectivity index (χ1n) is 12.7. The third-order valence-corrected chi connectivity index (χ3v) is 7.22. The highest BCUT2D eigenvalue weighted by molar-refractivity contribution is 5.87. The van der Waals surface area contributed by atoms with E-state index in [0.717, 1.165) is 12.1 Å². The van der Waals surface area contributed by atoms with Crippen molar-refractivity contribution in [1.82, 2.24) is 14.9 Å². The Morgan fingerprint density at radius 3 is 2.60 bits per heavy atom. The van der Waals surface area contributed by atoms with Crippen molar-refractivity contribution in [2.75, 3.05) is 6.54 Å². The average Bonchev–Trinajstić information content (AvgIpc) is 3.19. The van der Waals surface area contributed by atoms with Gasteiger partial charge in [-0.05, 0) is 31.5 Å². The van der Waals surface area contributed by atoms with Crippen molar-refractivity contribution >= 4 is 34.5 Å². The first kappa shape index (κ1) is 27.1. The minimum atomic E-state index is -1.58. The summed E-state index contributed by atoms with van der Waals surface area (Å²) in [4.78, 5) is 66.7. The van der Waals surface area contributed by atoms with E-state index < -0.39 is 47.2 Å². The predicted octanol–water partition coefficient (Wildman–Crippen LogP) is 2.78. The number of cyclic esters (lactones) is 1. The number of carbonyl (C=O) groups excluding carboxylic acids is 4. The molecule has 0 radical (unpaired) electrons. The van der Waals surface area contributed by atoms with Gasteiger partial charge in [0.2, 0.25) is 5.91 Å². The summed E-state index contributed by atoms with van der Waals surface area (Å²) in [7, 11) is 0. The number of carbonyl (C=O) groups is 4. The van der Waals surface area contributed by atoms with Gasteiger partial charge in [-0.2, -0.15) is 0 Å². The summed E-state index contributed by atoms with van der Waals surface area (Å²) in [5.74, 6) is -4.28. The number of hydrogen-bond donors (Lipinski definition) is 1. The second-order valence-corrected chi connectivity index (χ2v) is 9.91. The first-order chi connectivity index (χ1) is 19.0. The SMILES string of the molecule is CC[C@@]1(OC(=O)CNC(=O)CCC(C)=O)CC(=O)OCc2c1cc1n(c2=O)Cc2cc3cc(F)c(F)cc3nc2-1. The molecule has 0 saturated carbocycles. The molecule has 5 rings (SSSR count). The van der Waals surface area contributed by atoms with E-state index >= 15 is 0 Å². The quantitative estimate of drug-likeness (QED) is 0.346. The van der Waals surface area contributed by atoms with Crippen LogP contribution in [0.4, 0.5) is 8.78 Å². The number of Topliss-reactive ketones (excluding diaryl/α,β-unsaturated/α-hetero) is 1. The van der Waals surface area contributed by atoms with Crippen LogP contribution in [0, 0.1) is 11.6 Å². The molecular formula is C28H25F2N3O7. The Morgan fingerprint density at radius 2 is 1.88 bits per heavy atom. The molecule has 1 aromatic carbocycles. The molecule has 40 heavy (non-hydrogen) atoms. The number of fused-ring (bicyclic) bond motifs is 5. The van der Waals surface area contributed by atoms with Crippen LogP contribution >= 0.6 is 0 Å². The molecule has 0 saturated heterocycles. The Morgan fingerprint density at radius 1 is 1.12 bits per heavy atom. The molecule has 0 fully saturated rings. The molecule has 3 aromatic rings. The lowest BCUT2D eigenvalue weighted by molar-refractivity contribution is -0.167. The maximum absolute atomic E-state index is 13.9. The van der Waals surface area contributed by atoms with Crippen LogP contribution in [-0.4, -0.2) is 39.7 Å². The molecular weight excluding hydrogens is 528 g/mol. The third kappa shape index (κ3) is 4.85. The van der Waals surface area contributed by atoms with Gasteiger partial charge in [0.15, 0.2) is 11.6 Å². The van der Waals surface area contributed by atoms with Gasteiger partial charge in [0, 0.05) is 35.4 Å². The van der Waals surface area contributed by atoms with Gasteiger partial charge in [-0.15, -0.1) is 0 Å².